The van der Waals surface area contributed by atoms with Crippen LogP contribution in [0.4, 0.5) is 0 Å². The van der Waals surface area contributed by atoms with E-state index in [4.69, 9.17) is 4.74 Å². The molecule has 1 atom stereocenters. The zero-order chi connectivity index (χ0) is 9.42. The maximum Gasteiger partial charge on any atom is 0.220 e. The lowest BCUT2D eigenvalue weighted by Gasteiger charge is -2.25. The summed E-state index contributed by atoms with van der Waals surface area (Å²) in [6.45, 7) is 1.90. The Morgan fingerprint density at radius 3 is 2.77 bits per heavy atom. The Balaban J connectivity index is 2.39. The molecule has 0 N–H and O–H groups in total. The molecule has 0 aromatic heterocycles. The van der Waals surface area contributed by atoms with Gasteiger partial charge in [-0.05, 0) is 31.9 Å². The van der Waals surface area contributed by atoms with Gasteiger partial charge in [0.05, 0.1) is 6.10 Å². The largest absolute Gasteiger partial charge is 0.486 e. The number of carbonyl (C=O) groups is 2. The van der Waals surface area contributed by atoms with Crippen LogP contribution in [0, 0.1) is 0 Å². The van der Waals surface area contributed by atoms with Crippen LogP contribution in [0.25, 0.3) is 0 Å². The van der Waals surface area contributed by atoms with Crippen LogP contribution in [0.5, 0.6) is 0 Å². The Morgan fingerprint density at radius 1 is 1.31 bits per heavy atom. The SMILES string of the molecule is CC1CCC2=C(O1)C(=O)C=CC2=O. The van der Waals surface area contributed by atoms with Gasteiger partial charge in [0.1, 0.15) is 0 Å². The minimum atomic E-state index is -0.179. The highest BCUT2D eigenvalue weighted by molar-refractivity contribution is 6.19. The van der Waals surface area contributed by atoms with E-state index < -0.39 is 0 Å². The van der Waals surface area contributed by atoms with Gasteiger partial charge in [0, 0.05) is 5.57 Å². The smallest absolute Gasteiger partial charge is 0.220 e. The van der Waals surface area contributed by atoms with E-state index in [0.717, 1.165) is 6.42 Å². The van der Waals surface area contributed by atoms with Crippen LogP contribution in [0.1, 0.15) is 19.8 Å². The van der Waals surface area contributed by atoms with E-state index in [9.17, 15) is 9.59 Å². The lowest BCUT2D eigenvalue weighted by atomic mass is 9.94. The van der Waals surface area contributed by atoms with Crippen molar-refractivity contribution >= 4 is 11.6 Å². The maximum absolute atomic E-state index is 11.3. The van der Waals surface area contributed by atoms with Crippen molar-refractivity contribution in [1.29, 1.82) is 0 Å². The number of ketones is 2. The van der Waals surface area contributed by atoms with Crippen molar-refractivity contribution in [3.8, 4) is 0 Å². The first-order valence-electron chi connectivity index (χ1n) is 4.35. The first kappa shape index (κ1) is 8.23. The third kappa shape index (κ3) is 1.30. The minimum Gasteiger partial charge on any atom is -0.486 e. The molecule has 3 heteroatoms. The van der Waals surface area contributed by atoms with Gasteiger partial charge in [-0.15, -0.1) is 0 Å². The molecule has 0 radical (unpaired) electrons. The van der Waals surface area contributed by atoms with E-state index in [2.05, 4.69) is 0 Å². The molecule has 68 valence electrons. The van der Waals surface area contributed by atoms with Gasteiger partial charge in [0.15, 0.2) is 11.5 Å². The molecule has 1 heterocycles. The van der Waals surface area contributed by atoms with Gasteiger partial charge in [-0.3, -0.25) is 9.59 Å². The third-order valence-electron chi connectivity index (χ3n) is 2.30. The number of hydrogen-bond donors (Lipinski definition) is 0. The van der Waals surface area contributed by atoms with Crippen molar-refractivity contribution in [1.82, 2.24) is 0 Å². The first-order chi connectivity index (χ1) is 6.18. The molecular weight excluding hydrogens is 168 g/mol. The Hall–Kier alpha value is -1.38. The highest BCUT2D eigenvalue weighted by Gasteiger charge is 2.29. The van der Waals surface area contributed by atoms with E-state index in [0.29, 0.717) is 12.0 Å². The molecule has 0 saturated heterocycles. The average Bonchev–Trinajstić information content (AvgIpc) is 2.12. The zero-order valence-corrected chi connectivity index (χ0v) is 7.37. The molecule has 1 aliphatic heterocycles. The van der Waals surface area contributed by atoms with Crippen LogP contribution in [0.3, 0.4) is 0 Å². The molecule has 0 spiro atoms. The van der Waals surface area contributed by atoms with Crippen LogP contribution < -0.4 is 0 Å². The fourth-order valence-corrected chi connectivity index (χ4v) is 1.56. The van der Waals surface area contributed by atoms with Crippen LogP contribution in [-0.2, 0) is 14.3 Å². The van der Waals surface area contributed by atoms with Crippen LogP contribution >= 0.6 is 0 Å². The van der Waals surface area contributed by atoms with Crippen molar-refractivity contribution in [2.24, 2.45) is 0 Å². The molecule has 2 aliphatic rings. The molecular formula is C10H10O3. The van der Waals surface area contributed by atoms with Crippen molar-refractivity contribution in [2.45, 2.75) is 25.9 Å². The van der Waals surface area contributed by atoms with Crippen LogP contribution in [0.15, 0.2) is 23.5 Å². The molecule has 3 nitrogen and oxygen atoms in total. The Labute approximate surface area is 76.1 Å². The van der Waals surface area contributed by atoms with E-state index in [-0.39, 0.29) is 23.4 Å². The first-order valence-corrected chi connectivity index (χ1v) is 4.35. The van der Waals surface area contributed by atoms with Crippen LogP contribution in [-0.4, -0.2) is 17.7 Å². The fourth-order valence-electron chi connectivity index (χ4n) is 1.56. The molecule has 2 rings (SSSR count). The minimum absolute atomic E-state index is 0.0435. The summed E-state index contributed by atoms with van der Waals surface area (Å²) < 4.78 is 5.33. The highest BCUT2D eigenvalue weighted by Crippen LogP contribution is 2.27. The summed E-state index contributed by atoms with van der Waals surface area (Å²) in [7, 11) is 0. The third-order valence-corrected chi connectivity index (χ3v) is 2.30. The Bertz CT molecular complexity index is 336. The van der Waals surface area contributed by atoms with Gasteiger partial charge in [-0.1, -0.05) is 0 Å². The summed E-state index contributed by atoms with van der Waals surface area (Å²) in [5.74, 6) is 0.00824. The van der Waals surface area contributed by atoms with Crippen LogP contribution in [0.2, 0.25) is 0 Å². The van der Waals surface area contributed by atoms with E-state index in [1.165, 1.54) is 12.2 Å². The zero-order valence-electron chi connectivity index (χ0n) is 7.37. The van der Waals surface area contributed by atoms with Crippen molar-refractivity contribution in [2.75, 3.05) is 0 Å². The molecule has 13 heavy (non-hydrogen) atoms. The monoisotopic (exact) mass is 178 g/mol. The molecule has 0 amide bonds. The number of hydrogen-bond acceptors (Lipinski definition) is 3. The molecule has 0 saturated carbocycles. The van der Waals surface area contributed by atoms with E-state index >= 15 is 0 Å². The van der Waals surface area contributed by atoms with Gasteiger partial charge in [-0.2, -0.15) is 0 Å². The predicted octanol–water partition coefficient (Wildman–Crippen LogP) is 1.15. The highest BCUT2D eigenvalue weighted by atomic mass is 16.5. The van der Waals surface area contributed by atoms with Gasteiger partial charge >= 0.3 is 0 Å². The van der Waals surface area contributed by atoms with Gasteiger partial charge in [-0.25, -0.2) is 0 Å². The molecule has 0 aromatic rings. The molecule has 0 aromatic carbocycles. The second-order valence-electron chi connectivity index (χ2n) is 3.34. The number of ether oxygens (including phenoxy) is 1. The summed E-state index contributed by atoms with van der Waals surface area (Å²) in [5, 5.41) is 0. The second kappa shape index (κ2) is 2.83. The van der Waals surface area contributed by atoms with Gasteiger partial charge in [0.2, 0.25) is 5.78 Å². The van der Waals surface area contributed by atoms with Crippen molar-refractivity contribution in [3.05, 3.63) is 23.5 Å². The second-order valence-corrected chi connectivity index (χ2v) is 3.34. The van der Waals surface area contributed by atoms with Gasteiger partial charge in [0.25, 0.3) is 0 Å². The summed E-state index contributed by atoms with van der Waals surface area (Å²) >= 11 is 0. The molecule has 1 unspecified atom stereocenters. The quantitative estimate of drug-likeness (QED) is 0.522. The summed E-state index contributed by atoms with van der Waals surface area (Å²) in [6, 6.07) is 0. The Morgan fingerprint density at radius 2 is 2.00 bits per heavy atom. The topological polar surface area (TPSA) is 43.4 Å². The van der Waals surface area contributed by atoms with E-state index in [1.54, 1.807) is 0 Å². The number of carbonyl (C=O) groups excluding carboxylic acids is 2. The molecule has 1 aliphatic carbocycles. The average molecular weight is 178 g/mol. The van der Waals surface area contributed by atoms with E-state index in [1.807, 2.05) is 6.92 Å². The standard InChI is InChI=1S/C10H10O3/c1-6-2-3-7-8(11)4-5-9(12)10(7)13-6/h4-6H,2-3H2,1H3. The van der Waals surface area contributed by atoms with Crippen molar-refractivity contribution < 1.29 is 14.3 Å². The predicted molar refractivity (Wildman–Crippen MR) is 46.0 cm³/mol. The Kier molecular flexibility index (Phi) is 1.79. The maximum atomic E-state index is 11.3. The number of rotatable bonds is 0. The lowest BCUT2D eigenvalue weighted by Crippen LogP contribution is -2.25. The van der Waals surface area contributed by atoms with Gasteiger partial charge < -0.3 is 4.74 Å². The normalized spacial score (nSPS) is 27.3. The summed E-state index contributed by atoms with van der Waals surface area (Å²) in [4.78, 5) is 22.6. The number of allylic oxidation sites excluding steroid dienone is 3. The van der Waals surface area contributed by atoms with Crippen molar-refractivity contribution in [3.63, 3.8) is 0 Å². The molecule has 0 bridgehead atoms. The molecule has 0 fully saturated rings. The fraction of sp³-hybridized carbons (Fsp3) is 0.400. The summed E-state index contributed by atoms with van der Waals surface area (Å²) in [6.07, 6.45) is 4.11. The lowest BCUT2D eigenvalue weighted by molar-refractivity contribution is -0.119. The summed E-state index contributed by atoms with van der Waals surface area (Å²) in [5.41, 5.74) is 0.547.